The third kappa shape index (κ3) is 3.86. The number of amides is 1. The molecule has 23 heavy (non-hydrogen) atoms. The Morgan fingerprint density at radius 1 is 1.26 bits per heavy atom. The lowest BCUT2D eigenvalue weighted by atomic mass is 10.2. The van der Waals surface area contributed by atoms with Crippen LogP contribution in [-0.2, 0) is 4.79 Å². The minimum absolute atomic E-state index is 0.0287. The highest BCUT2D eigenvalue weighted by molar-refractivity contribution is 7.99. The molecule has 1 heterocycles. The summed E-state index contributed by atoms with van der Waals surface area (Å²) >= 11 is 7.59. The second-order valence-electron chi connectivity index (χ2n) is 5.12. The number of H-pyrrole nitrogens is 1. The maximum Gasteiger partial charge on any atom is 0.225 e. The van der Waals surface area contributed by atoms with Gasteiger partial charge < -0.3 is 10.3 Å². The van der Waals surface area contributed by atoms with Crippen molar-refractivity contribution < 1.29 is 4.79 Å². The molecular weight excluding hydrogens is 330 g/mol. The molecule has 118 valence electrons. The average molecular weight is 346 g/mol. The molecule has 2 N–H and O–H groups in total. The van der Waals surface area contributed by atoms with E-state index in [1.54, 1.807) is 0 Å². The number of benzene rings is 2. The molecule has 4 nitrogen and oxygen atoms in total. The Bertz CT molecular complexity index is 814. The first kappa shape index (κ1) is 15.9. The number of thioether (sulfide) groups is 1. The second kappa shape index (κ2) is 7.06. The van der Waals surface area contributed by atoms with E-state index >= 15 is 0 Å². The molecule has 2 aromatic carbocycles. The van der Waals surface area contributed by atoms with Crippen molar-refractivity contribution in [2.75, 3.05) is 11.1 Å². The molecule has 0 aliphatic carbocycles. The van der Waals surface area contributed by atoms with Gasteiger partial charge in [-0.05, 0) is 36.8 Å². The maximum atomic E-state index is 12.0. The molecular formula is C17H16ClN3OS. The fourth-order valence-corrected chi connectivity index (χ4v) is 3.19. The summed E-state index contributed by atoms with van der Waals surface area (Å²) in [5.41, 5.74) is 3.59. The van der Waals surface area contributed by atoms with Gasteiger partial charge in [-0.3, -0.25) is 4.79 Å². The van der Waals surface area contributed by atoms with E-state index in [4.69, 9.17) is 11.6 Å². The molecule has 3 aromatic rings. The molecule has 1 amide bonds. The number of imidazole rings is 1. The number of fused-ring (bicyclic) bond motifs is 1. The number of para-hydroxylation sites is 2. The lowest BCUT2D eigenvalue weighted by Gasteiger charge is -2.09. The zero-order valence-corrected chi connectivity index (χ0v) is 14.2. The highest BCUT2D eigenvalue weighted by atomic mass is 35.5. The number of aromatic nitrogens is 2. The summed E-state index contributed by atoms with van der Waals surface area (Å²) in [5, 5.41) is 4.38. The SMILES string of the molecule is Cc1c(Cl)cccc1NC(=O)CCSc1nc2ccccc2[nH]1. The summed E-state index contributed by atoms with van der Waals surface area (Å²) in [6, 6.07) is 13.4. The molecule has 0 saturated heterocycles. The van der Waals surface area contributed by atoms with E-state index in [1.165, 1.54) is 11.8 Å². The normalized spacial score (nSPS) is 10.9. The quantitative estimate of drug-likeness (QED) is 0.662. The molecule has 1 aromatic heterocycles. The smallest absolute Gasteiger partial charge is 0.225 e. The first-order valence-corrected chi connectivity index (χ1v) is 8.62. The molecule has 0 radical (unpaired) electrons. The Hall–Kier alpha value is -1.98. The summed E-state index contributed by atoms with van der Waals surface area (Å²) in [7, 11) is 0. The van der Waals surface area contributed by atoms with Gasteiger partial charge in [0.15, 0.2) is 5.16 Å². The van der Waals surface area contributed by atoms with Crippen molar-refractivity contribution in [2.24, 2.45) is 0 Å². The highest BCUT2D eigenvalue weighted by Gasteiger charge is 2.08. The van der Waals surface area contributed by atoms with Gasteiger partial charge in [-0.1, -0.05) is 41.6 Å². The largest absolute Gasteiger partial charge is 0.333 e. The van der Waals surface area contributed by atoms with Crippen molar-refractivity contribution >= 4 is 46.0 Å². The number of aromatic amines is 1. The van der Waals surface area contributed by atoms with Gasteiger partial charge in [-0.25, -0.2) is 4.98 Å². The Morgan fingerprint density at radius 2 is 2.09 bits per heavy atom. The fourth-order valence-electron chi connectivity index (χ4n) is 2.19. The van der Waals surface area contributed by atoms with E-state index in [-0.39, 0.29) is 5.91 Å². The van der Waals surface area contributed by atoms with Crippen LogP contribution in [0.5, 0.6) is 0 Å². The zero-order valence-electron chi connectivity index (χ0n) is 12.6. The summed E-state index contributed by atoms with van der Waals surface area (Å²) < 4.78 is 0. The average Bonchev–Trinajstić information content (AvgIpc) is 2.94. The topological polar surface area (TPSA) is 57.8 Å². The van der Waals surface area contributed by atoms with E-state index in [1.807, 2.05) is 49.4 Å². The molecule has 0 aliphatic heterocycles. The lowest BCUT2D eigenvalue weighted by molar-refractivity contribution is -0.115. The van der Waals surface area contributed by atoms with Crippen LogP contribution in [-0.4, -0.2) is 21.6 Å². The highest BCUT2D eigenvalue weighted by Crippen LogP contribution is 2.24. The van der Waals surface area contributed by atoms with Crippen LogP contribution in [0.25, 0.3) is 11.0 Å². The minimum atomic E-state index is -0.0287. The number of hydrogen-bond donors (Lipinski definition) is 2. The van der Waals surface area contributed by atoms with Crippen molar-refractivity contribution in [1.29, 1.82) is 0 Å². The number of nitrogens with one attached hydrogen (secondary N) is 2. The van der Waals surface area contributed by atoms with E-state index in [9.17, 15) is 4.79 Å². The molecule has 6 heteroatoms. The first-order chi connectivity index (χ1) is 11.1. The van der Waals surface area contributed by atoms with Crippen molar-refractivity contribution in [2.45, 2.75) is 18.5 Å². The van der Waals surface area contributed by atoms with Crippen LogP contribution in [0.4, 0.5) is 5.69 Å². The number of carbonyl (C=O) groups is 1. The molecule has 0 aliphatic rings. The van der Waals surface area contributed by atoms with Crippen LogP contribution in [0.15, 0.2) is 47.6 Å². The van der Waals surface area contributed by atoms with Crippen molar-refractivity contribution in [1.82, 2.24) is 9.97 Å². The van der Waals surface area contributed by atoms with Gasteiger partial charge in [0.25, 0.3) is 0 Å². The number of rotatable bonds is 5. The third-order valence-corrected chi connectivity index (χ3v) is 4.76. The molecule has 3 rings (SSSR count). The number of carbonyl (C=O) groups excluding carboxylic acids is 1. The summed E-state index contributed by atoms with van der Waals surface area (Å²) in [6.45, 7) is 1.89. The maximum absolute atomic E-state index is 12.0. The third-order valence-electron chi connectivity index (χ3n) is 3.48. The number of nitrogens with zero attached hydrogens (tertiary/aromatic N) is 1. The van der Waals surface area contributed by atoms with E-state index in [0.717, 1.165) is 27.4 Å². The summed E-state index contributed by atoms with van der Waals surface area (Å²) in [5.74, 6) is 0.629. The van der Waals surface area contributed by atoms with Crippen LogP contribution in [0.3, 0.4) is 0 Å². The predicted octanol–water partition coefficient (Wildman–Crippen LogP) is 4.65. The van der Waals surface area contributed by atoms with E-state index in [0.29, 0.717) is 17.2 Å². The van der Waals surface area contributed by atoms with E-state index < -0.39 is 0 Å². The molecule has 0 saturated carbocycles. The number of halogens is 1. The lowest BCUT2D eigenvalue weighted by Crippen LogP contribution is -2.13. The molecule has 0 atom stereocenters. The first-order valence-electron chi connectivity index (χ1n) is 7.26. The molecule has 0 fully saturated rings. The van der Waals surface area contributed by atoms with Crippen molar-refractivity contribution in [3.8, 4) is 0 Å². The van der Waals surface area contributed by atoms with E-state index in [2.05, 4.69) is 15.3 Å². The predicted molar refractivity (Wildman–Crippen MR) is 96.3 cm³/mol. The number of hydrogen-bond acceptors (Lipinski definition) is 3. The van der Waals surface area contributed by atoms with Crippen LogP contribution >= 0.6 is 23.4 Å². The zero-order chi connectivity index (χ0) is 16.2. The molecule has 0 spiro atoms. The number of anilines is 1. The van der Waals surface area contributed by atoms with Gasteiger partial charge in [0, 0.05) is 22.9 Å². The second-order valence-corrected chi connectivity index (χ2v) is 6.61. The van der Waals surface area contributed by atoms with Crippen LogP contribution in [0, 0.1) is 6.92 Å². The van der Waals surface area contributed by atoms with Gasteiger partial charge in [-0.15, -0.1) is 0 Å². The standard InChI is InChI=1S/C17H16ClN3OS/c1-11-12(18)5-4-8-13(11)19-16(22)9-10-23-17-20-14-6-2-3-7-15(14)21-17/h2-8H,9-10H2,1H3,(H,19,22)(H,20,21). The van der Waals surface area contributed by atoms with Gasteiger partial charge >= 0.3 is 0 Å². The monoisotopic (exact) mass is 345 g/mol. The van der Waals surface area contributed by atoms with Crippen molar-refractivity contribution in [3.05, 3.63) is 53.1 Å². The van der Waals surface area contributed by atoms with Crippen molar-refractivity contribution in [3.63, 3.8) is 0 Å². The van der Waals surface area contributed by atoms with Gasteiger partial charge in [0.2, 0.25) is 5.91 Å². The van der Waals surface area contributed by atoms with Crippen LogP contribution in [0.1, 0.15) is 12.0 Å². The fraction of sp³-hybridized carbons (Fsp3) is 0.176. The Kier molecular flexibility index (Phi) is 4.88. The van der Waals surface area contributed by atoms with Crippen LogP contribution < -0.4 is 5.32 Å². The summed E-state index contributed by atoms with van der Waals surface area (Å²) in [4.78, 5) is 19.8. The molecule has 0 bridgehead atoms. The van der Waals surface area contributed by atoms with Gasteiger partial charge in [-0.2, -0.15) is 0 Å². The van der Waals surface area contributed by atoms with Crippen LogP contribution in [0.2, 0.25) is 5.02 Å². The summed E-state index contributed by atoms with van der Waals surface area (Å²) in [6.07, 6.45) is 0.410. The van der Waals surface area contributed by atoms with Gasteiger partial charge in [0.1, 0.15) is 0 Å². The Morgan fingerprint density at radius 3 is 2.91 bits per heavy atom. The Balaban J connectivity index is 1.54. The molecule has 0 unspecified atom stereocenters. The van der Waals surface area contributed by atoms with Gasteiger partial charge in [0.05, 0.1) is 11.0 Å². The Labute approximate surface area is 143 Å². The minimum Gasteiger partial charge on any atom is -0.333 e.